The molecule has 1 aliphatic rings. The Morgan fingerprint density at radius 1 is 1.45 bits per heavy atom. The van der Waals surface area contributed by atoms with Gasteiger partial charge >= 0.3 is 0 Å². The van der Waals surface area contributed by atoms with Crippen molar-refractivity contribution in [2.75, 3.05) is 13.1 Å². The Balaban J connectivity index is 2.49. The minimum atomic E-state index is 0.0278. The topological polar surface area (TPSA) is 29.1 Å². The Kier molecular flexibility index (Phi) is 3.06. The highest BCUT2D eigenvalue weighted by Crippen LogP contribution is 2.31. The molecule has 0 aromatic carbocycles. The third-order valence-electron chi connectivity index (χ3n) is 2.60. The number of nitrogens with one attached hydrogen (secondary N) is 1. The van der Waals surface area contributed by atoms with Crippen LogP contribution in [-0.4, -0.2) is 19.4 Å². The summed E-state index contributed by atoms with van der Waals surface area (Å²) < 4.78 is 0. The molecule has 0 radical (unpaired) electrons. The number of hydrogen-bond acceptors (Lipinski definition) is 2. The third kappa shape index (κ3) is 2.03. The Bertz CT molecular complexity index is 122. The highest BCUT2D eigenvalue weighted by Gasteiger charge is 2.30. The molecule has 2 nitrogen and oxygen atoms in total. The molecule has 0 atom stereocenters. The van der Waals surface area contributed by atoms with Gasteiger partial charge < -0.3 is 10.1 Å². The van der Waals surface area contributed by atoms with Crippen molar-refractivity contribution in [1.29, 1.82) is 0 Å². The zero-order valence-electron chi connectivity index (χ0n) is 7.23. The predicted molar refractivity (Wildman–Crippen MR) is 45.5 cm³/mol. The van der Waals surface area contributed by atoms with E-state index in [2.05, 4.69) is 12.2 Å². The lowest BCUT2D eigenvalue weighted by atomic mass is 9.77. The normalized spacial score (nSPS) is 23.0. The molecule has 11 heavy (non-hydrogen) atoms. The molecule has 1 N–H and O–H groups in total. The van der Waals surface area contributed by atoms with Crippen LogP contribution in [0.25, 0.3) is 0 Å². The number of carbonyl (C=O) groups is 1. The van der Waals surface area contributed by atoms with Gasteiger partial charge in [0.2, 0.25) is 0 Å². The second-order valence-corrected chi connectivity index (χ2v) is 3.48. The van der Waals surface area contributed by atoms with Crippen molar-refractivity contribution in [3.8, 4) is 0 Å². The van der Waals surface area contributed by atoms with Gasteiger partial charge in [0.05, 0.1) is 0 Å². The van der Waals surface area contributed by atoms with E-state index < -0.39 is 0 Å². The summed E-state index contributed by atoms with van der Waals surface area (Å²) in [6.07, 6.45) is 5.43. The van der Waals surface area contributed by atoms with Crippen molar-refractivity contribution in [3.63, 3.8) is 0 Å². The maximum absolute atomic E-state index is 10.8. The van der Waals surface area contributed by atoms with E-state index >= 15 is 0 Å². The molecule has 1 aliphatic heterocycles. The summed E-state index contributed by atoms with van der Waals surface area (Å²) in [7, 11) is 0. The van der Waals surface area contributed by atoms with Gasteiger partial charge in [-0.2, -0.15) is 0 Å². The molecule has 0 aromatic rings. The number of carbonyl (C=O) groups excluding carboxylic acids is 1. The molecular formula is C9H17NO. The minimum absolute atomic E-state index is 0.0278. The number of rotatable bonds is 3. The summed E-state index contributed by atoms with van der Waals surface area (Å²) in [4.78, 5) is 10.8. The number of hydrogen-bond donors (Lipinski definition) is 1. The standard InChI is InChI=1S/C9H17NO/c1-2-3-9(8-11)4-6-10-7-5-9/h8,10H,2-7H2,1H3. The molecule has 0 bridgehead atoms. The molecular weight excluding hydrogens is 138 g/mol. The van der Waals surface area contributed by atoms with Gasteiger partial charge in [0.15, 0.2) is 0 Å². The van der Waals surface area contributed by atoms with Crippen LogP contribution in [0.2, 0.25) is 0 Å². The Morgan fingerprint density at radius 3 is 2.55 bits per heavy atom. The average molecular weight is 155 g/mol. The molecule has 0 aromatic heterocycles. The van der Waals surface area contributed by atoms with Crippen LogP contribution < -0.4 is 5.32 Å². The number of piperidine rings is 1. The van der Waals surface area contributed by atoms with E-state index in [1.165, 1.54) is 6.29 Å². The van der Waals surface area contributed by atoms with E-state index in [4.69, 9.17) is 0 Å². The van der Waals surface area contributed by atoms with Crippen LogP contribution in [0.3, 0.4) is 0 Å². The zero-order chi connectivity index (χ0) is 8.16. The third-order valence-corrected chi connectivity index (χ3v) is 2.60. The summed E-state index contributed by atoms with van der Waals surface area (Å²) in [6.45, 7) is 4.17. The van der Waals surface area contributed by atoms with E-state index in [0.717, 1.165) is 38.8 Å². The van der Waals surface area contributed by atoms with Crippen molar-refractivity contribution in [2.24, 2.45) is 5.41 Å². The SMILES string of the molecule is CCCC1(C=O)CCNCC1. The van der Waals surface area contributed by atoms with Gasteiger partial charge in [-0.3, -0.25) is 0 Å². The molecule has 0 unspecified atom stereocenters. The summed E-state index contributed by atoms with van der Waals surface area (Å²) in [5.74, 6) is 0. The van der Waals surface area contributed by atoms with Crippen LogP contribution in [0.4, 0.5) is 0 Å². The quantitative estimate of drug-likeness (QED) is 0.623. The smallest absolute Gasteiger partial charge is 0.126 e. The molecule has 2 heteroatoms. The maximum Gasteiger partial charge on any atom is 0.126 e. The van der Waals surface area contributed by atoms with Gasteiger partial charge in [0.1, 0.15) is 6.29 Å². The summed E-state index contributed by atoms with van der Waals surface area (Å²) in [6, 6.07) is 0. The molecule has 64 valence electrons. The van der Waals surface area contributed by atoms with Gasteiger partial charge in [0.25, 0.3) is 0 Å². The summed E-state index contributed by atoms with van der Waals surface area (Å²) in [5, 5.41) is 3.27. The van der Waals surface area contributed by atoms with E-state index in [1.54, 1.807) is 0 Å². The molecule has 0 amide bonds. The maximum atomic E-state index is 10.8. The lowest BCUT2D eigenvalue weighted by Gasteiger charge is -2.32. The highest BCUT2D eigenvalue weighted by atomic mass is 16.1. The van der Waals surface area contributed by atoms with Crippen LogP contribution in [0.5, 0.6) is 0 Å². The van der Waals surface area contributed by atoms with Crippen LogP contribution >= 0.6 is 0 Å². The van der Waals surface area contributed by atoms with E-state index in [-0.39, 0.29) is 5.41 Å². The first kappa shape index (κ1) is 8.72. The lowest BCUT2D eigenvalue weighted by Crippen LogP contribution is -2.37. The first-order chi connectivity index (χ1) is 5.33. The average Bonchev–Trinajstić information content (AvgIpc) is 2.07. The van der Waals surface area contributed by atoms with E-state index in [0.29, 0.717) is 0 Å². The van der Waals surface area contributed by atoms with Crippen LogP contribution in [0, 0.1) is 5.41 Å². The van der Waals surface area contributed by atoms with Crippen molar-refractivity contribution >= 4 is 6.29 Å². The highest BCUT2D eigenvalue weighted by molar-refractivity contribution is 5.59. The van der Waals surface area contributed by atoms with Gasteiger partial charge in [-0.15, -0.1) is 0 Å². The van der Waals surface area contributed by atoms with Gasteiger partial charge in [-0.05, 0) is 32.4 Å². The molecule has 1 rings (SSSR count). The van der Waals surface area contributed by atoms with Crippen LogP contribution in [0.15, 0.2) is 0 Å². The monoisotopic (exact) mass is 155 g/mol. The van der Waals surface area contributed by atoms with Crippen LogP contribution in [-0.2, 0) is 4.79 Å². The van der Waals surface area contributed by atoms with Crippen molar-refractivity contribution in [2.45, 2.75) is 32.6 Å². The Morgan fingerprint density at radius 2 is 2.09 bits per heavy atom. The fourth-order valence-electron chi connectivity index (χ4n) is 1.85. The Labute approximate surface area is 68.4 Å². The minimum Gasteiger partial charge on any atom is -0.317 e. The zero-order valence-corrected chi connectivity index (χ0v) is 7.23. The second-order valence-electron chi connectivity index (χ2n) is 3.48. The molecule has 0 spiro atoms. The van der Waals surface area contributed by atoms with E-state index in [1.807, 2.05) is 0 Å². The molecule has 1 fully saturated rings. The van der Waals surface area contributed by atoms with Crippen molar-refractivity contribution in [3.05, 3.63) is 0 Å². The molecule has 0 saturated carbocycles. The number of aldehydes is 1. The van der Waals surface area contributed by atoms with Crippen molar-refractivity contribution in [1.82, 2.24) is 5.32 Å². The molecule has 1 heterocycles. The van der Waals surface area contributed by atoms with Crippen molar-refractivity contribution < 1.29 is 4.79 Å². The van der Waals surface area contributed by atoms with E-state index in [9.17, 15) is 4.79 Å². The predicted octanol–water partition coefficient (Wildman–Crippen LogP) is 1.36. The fraction of sp³-hybridized carbons (Fsp3) is 0.889. The Hall–Kier alpha value is -0.370. The van der Waals surface area contributed by atoms with Gasteiger partial charge in [-0.25, -0.2) is 0 Å². The molecule has 0 aliphatic carbocycles. The lowest BCUT2D eigenvalue weighted by molar-refractivity contribution is -0.117. The van der Waals surface area contributed by atoms with Crippen LogP contribution in [0.1, 0.15) is 32.6 Å². The first-order valence-electron chi connectivity index (χ1n) is 4.50. The summed E-state index contributed by atoms with van der Waals surface area (Å²) >= 11 is 0. The first-order valence-corrected chi connectivity index (χ1v) is 4.50. The fourth-order valence-corrected chi connectivity index (χ4v) is 1.85. The van der Waals surface area contributed by atoms with Gasteiger partial charge in [-0.1, -0.05) is 13.3 Å². The second kappa shape index (κ2) is 3.86. The van der Waals surface area contributed by atoms with Gasteiger partial charge in [0, 0.05) is 5.41 Å². The molecule has 1 saturated heterocycles. The largest absolute Gasteiger partial charge is 0.317 e. The summed E-state index contributed by atoms with van der Waals surface area (Å²) in [5.41, 5.74) is 0.0278.